The zero-order chi connectivity index (χ0) is 20.0. The zero-order valence-corrected chi connectivity index (χ0v) is 15.9. The van der Waals surface area contributed by atoms with E-state index in [1.807, 2.05) is 0 Å². The van der Waals surface area contributed by atoms with Gasteiger partial charge in [0.2, 0.25) is 0 Å². The Labute approximate surface area is 157 Å². The van der Waals surface area contributed by atoms with Gasteiger partial charge < -0.3 is 23.8 Å². The molecule has 10 nitrogen and oxygen atoms in total. The number of nitrogens with zero attached hydrogens (tertiary/aromatic N) is 1. The Balaban J connectivity index is 1.68. The topological polar surface area (TPSA) is 123 Å². The fraction of sp³-hybridized carbons (Fsp3) is 0.882. The second-order valence-corrected chi connectivity index (χ2v) is 7.69. The number of carbonyl (C=O) groups is 2. The van der Waals surface area contributed by atoms with Crippen molar-refractivity contribution in [1.82, 2.24) is 0 Å². The lowest BCUT2D eigenvalue weighted by Crippen LogP contribution is -2.37. The average molecular weight is 389 g/mol. The second-order valence-electron chi connectivity index (χ2n) is 7.69. The van der Waals surface area contributed by atoms with E-state index in [1.54, 1.807) is 20.8 Å². The minimum Gasteiger partial charge on any atom is -0.457 e. The fourth-order valence-corrected chi connectivity index (χ4v) is 2.86. The quantitative estimate of drug-likeness (QED) is 0.249. The van der Waals surface area contributed by atoms with Gasteiger partial charge in [-0.05, 0) is 33.6 Å². The Morgan fingerprint density at radius 2 is 1.63 bits per heavy atom. The first kappa shape index (κ1) is 21.4. The Hall–Kier alpha value is -1.94. The molecule has 154 valence electrons. The van der Waals surface area contributed by atoms with Crippen molar-refractivity contribution in [2.75, 3.05) is 19.8 Å². The van der Waals surface area contributed by atoms with Crippen molar-refractivity contribution in [3.8, 4) is 0 Å². The van der Waals surface area contributed by atoms with E-state index in [0.717, 1.165) is 0 Å². The molecule has 2 rings (SSSR count). The first-order valence-corrected chi connectivity index (χ1v) is 9.09. The van der Waals surface area contributed by atoms with E-state index in [-0.39, 0.29) is 38.2 Å². The highest BCUT2D eigenvalue weighted by Crippen LogP contribution is 2.32. The van der Waals surface area contributed by atoms with Crippen LogP contribution in [0.3, 0.4) is 0 Å². The standard InChI is InChI=1S/C17H27NO9/c1-17(2,3)16(20)27-12-10-24-14-11(9-23-15(12)14)26-13(19)7-5-4-6-8-25-18(21)22/h11-12,14-15H,4-10H2,1-3H3. The summed E-state index contributed by atoms with van der Waals surface area (Å²) in [5.74, 6) is -0.708. The third-order valence-electron chi connectivity index (χ3n) is 4.34. The second kappa shape index (κ2) is 9.32. The lowest BCUT2D eigenvalue weighted by molar-refractivity contribution is -0.757. The third kappa shape index (κ3) is 6.31. The fourth-order valence-electron chi connectivity index (χ4n) is 2.86. The molecule has 4 atom stereocenters. The normalized spacial score (nSPS) is 27.1. The predicted octanol–water partition coefficient (Wildman–Crippen LogP) is 1.42. The lowest BCUT2D eigenvalue weighted by Gasteiger charge is -2.22. The van der Waals surface area contributed by atoms with E-state index < -0.39 is 34.9 Å². The number of hydrogen-bond donors (Lipinski definition) is 0. The van der Waals surface area contributed by atoms with Crippen LogP contribution in [0, 0.1) is 15.5 Å². The Morgan fingerprint density at radius 1 is 1.04 bits per heavy atom. The van der Waals surface area contributed by atoms with E-state index in [1.165, 1.54) is 0 Å². The van der Waals surface area contributed by atoms with Gasteiger partial charge in [-0.25, -0.2) is 0 Å². The zero-order valence-electron chi connectivity index (χ0n) is 15.9. The van der Waals surface area contributed by atoms with Crippen molar-refractivity contribution >= 4 is 11.9 Å². The smallest absolute Gasteiger partial charge is 0.311 e. The molecular formula is C17H27NO9. The molecule has 0 aromatic rings. The van der Waals surface area contributed by atoms with Crippen molar-refractivity contribution < 1.29 is 38.5 Å². The largest absolute Gasteiger partial charge is 0.457 e. The first-order valence-electron chi connectivity index (χ1n) is 9.09. The summed E-state index contributed by atoms with van der Waals surface area (Å²) in [5, 5.41) is 9.18. The maximum atomic E-state index is 12.0. The summed E-state index contributed by atoms with van der Waals surface area (Å²) >= 11 is 0. The summed E-state index contributed by atoms with van der Waals surface area (Å²) in [4.78, 5) is 38.2. The van der Waals surface area contributed by atoms with E-state index in [0.29, 0.717) is 19.3 Å². The van der Waals surface area contributed by atoms with E-state index in [9.17, 15) is 19.7 Å². The molecule has 4 unspecified atom stereocenters. The minimum absolute atomic E-state index is 0.0186. The number of carbonyl (C=O) groups excluding carboxylic acids is 2. The van der Waals surface area contributed by atoms with Crippen LogP contribution in [0.15, 0.2) is 0 Å². The molecule has 2 aliphatic heterocycles. The molecular weight excluding hydrogens is 362 g/mol. The van der Waals surface area contributed by atoms with Crippen LogP contribution < -0.4 is 0 Å². The molecule has 0 spiro atoms. The highest BCUT2D eigenvalue weighted by Gasteiger charge is 2.51. The molecule has 0 saturated carbocycles. The molecule has 2 heterocycles. The van der Waals surface area contributed by atoms with Gasteiger partial charge >= 0.3 is 11.9 Å². The van der Waals surface area contributed by atoms with Crippen molar-refractivity contribution in [2.24, 2.45) is 5.41 Å². The highest BCUT2D eigenvalue weighted by atomic mass is 16.9. The first-order chi connectivity index (χ1) is 12.7. The molecule has 0 amide bonds. The van der Waals surface area contributed by atoms with E-state index in [2.05, 4.69) is 4.84 Å². The minimum atomic E-state index is -0.835. The Kier molecular flexibility index (Phi) is 7.37. The Bertz CT molecular complexity index is 545. The predicted molar refractivity (Wildman–Crippen MR) is 90.1 cm³/mol. The van der Waals surface area contributed by atoms with Gasteiger partial charge in [-0.2, -0.15) is 0 Å². The summed E-state index contributed by atoms with van der Waals surface area (Å²) in [6, 6.07) is 0. The van der Waals surface area contributed by atoms with Gasteiger partial charge in [0.05, 0.1) is 25.2 Å². The number of unbranched alkanes of at least 4 members (excludes halogenated alkanes) is 2. The van der Waals surface area contributed by atoms with Gasteiger partial charge in [-0.1, -0.05) is 6.42 Å². The number of fused-ring (bicyclic) bond motifs is 1. The molecule has 2 fully saturated rings. The molecule has 0 aromatic heterocycles. The maximum absolute atomic E-state index is 12.0. The van der Waals surface area contributed by atoms with Crippen molar-refractivity contribution in [1.29, 1.82) is 0 Å². The number of hydrogen-bond acceptors (Lipinski definition) is 9. The van der Waals surface area contributed by atoms with Crippen molar-refractivity contribution in [2.45, 2.75) is 70.9 Å². The SMILES string of the molecule is CC(C)(C)C(=O)OC1COC2C(OC(=O)CCCCCO[N+](=O)[O-])COC12. The molecule has 10 heteroatoms. The molecule has 27 heavy (non-hydrogen) atoms. The van der Waals surface area contributed by atoms with Crippen molar-refractivity contribution in [3.05, 3.63) is 10.1 Å². The third-order valence-corrected chi connectivity index (χ3v) is 4.34. The summed E-state index contributed by atoms with van der Waals surface area (Å²) in [6.45, 7) is 5.73. The summed E-state index contributed by atoms with van der Waals surface area (Å²) in [5.41, 5.74) is -0.618. The van der Waals surface area contributed by atoms with Crippen LogP contribution in [0.4, 0.5) is 0 Å². The molecule has 0 aliphatic carbocycles. The summed E-state index contributed by atoms with van der Waals surface area (Å²) < 4.78 is 22.2. The van der Waals surface area contributed by atoms with Crippen LogP contribution in [0.1, 0.15) is 46.5 Å². The van der Waals surface area contributed by atoms with E-state index >= 15 is 0 Å². The monoisotopic (exact) mass is 389 g/mol. The average Bonchev–Trinajstić information content (AvgIpc) is 3.13. The van der Waals surface area contributed by atoms with Crippen LogP contribution in [0.5, 0.6) is 0 Å². The van der Waals surface area contributed by atoms with Gasteiger partial charge in [0.15, 0.2) is 12.2 Å². The molecule has 2 aliphatic rings. The summed E-state index contributed by atoms with van der Waals surface area (Å²) in [7, 11) is 0. The van der Waals surface area contributed by atoms with Gasteiger partial charge in [0.25, 0.3) is 5.09 Å². The lowest BCUT2D eigenvalue weighted by atomic mass is 9.97. The molecule has 0 N–H and O–H groups in total. The number of rotatable bonds is 9. The van der Waals surface area contributed by atoms with Crippen LogP contribution in [-0.4, -0.2) is 61.3 Å². The van der Waals surface area contributed by atoms with Crippen LogP contribution >= 0.6 is 0 Å². The number of esters is 2. The molecule has 2 saturated heterocycles. The highest BCUT2D eigenvalue weighted by molar-refractivity contribution is 5.75. The van der Waals surface area contributed by atoms with Gasteiger partial charge in [-0.3, -0.25) is 9.59 Å². The van der Waals surface area contributed by atoms with Gasteiger partial charge in [-0.15, -0.1) is 10.1 Å². The van der Waals surface area contributed by atoms with Crippen LogP contribution in [0.2, 0.25) is 0 Å². The maximum Gasteiger partial charge on any atom is 0.311 e. The van der Waals surface area contributed by atoms with Gasteiger partial charge in [0, 0.05) is 6.42 Å². The Morgan fingerprint density at radius 3 is 2.19 bits per heavy atom. The van der Waals surface area contributed by atoms with E-state index in [4.69, 9.17) is 18.9 Å². The molecule has 0 aromatic carbocycles. The van der Waals surface area contributed by atoms with Gasteiger partial charge in [0.1, 0.15) is 12.2 Å². The molecule has 0 bridgehead atoms. The summed E-state index contributed by atoms with van der Waals surface area (Å²) in [6.07, 6.45) is -0.0463. The van der Waals surface area contributed by atoms with Crippen molar-refractivity contribution in [3.63, 3.8) is 0 Å². The number of ether oxygens (including phenoxy) is 4. The van der Waals surface area contributed by atoms with Crippen LogP contribution in [0.25, 0.3) is 0 Å². The molecule has 0 radical (unpaired) electrons. The van der Waals surface area contributed by atoms with Crippen LogP contribution in [-0.2, 0) is 33.4 Å².